The topological polar surface area (TPSA) is 57.3 Å². The first-order chi connectivity index (χ1) is 7.70. The third-order valence-corrected chi connectivity index (χ3v) is 2.20. The fourth-order valence-corrected chi connectivity index (χ4v) is 1.46. The van der Waals surface area contributed by atoms with E-state index in [9.17, 15) is 4.79 Å². The summed E-state index contributed by atoms with van der Waals surface area (Å²) >= 11 is 0. The highest BCUT2D eigenvalue weighted by molar-refractivity contribution is 5.12. The molecule has 0 atom stereocenters. The van der Waals surface area contributed by atoms with Crippen LogP contribution in [0.2, 0.25) is 0 Å². The zero-order valence-corrected chi connectivity index (χ0v) is 9.14. The molecule has 0 saturated heterocycles. The van der Waals surface area contributed by atoms with Crippen LogP contribution in [0.15, 0.2) is 33.9 Å². The number of rotatable bonds is 3. The van der Waals surface area contributed by atoms with Crippen molar-refractivity contribution in [1.82, 2.24) is 9.55 Å². The first-order valence-corrected chi connectivity index (χ1v) is 4.84. The number of furan rings is 1. The molecule has 0 fully saturated rings. The Hall–Kier alpha value is -2.04. The molecule has 2 aromatic heterocycles. The summed E-state index contributed by atoms with van der Waals surface area (Å²) < 4.78 is 11.5. The molecule has 5 heteroatoms. The van der Waals surface area contributed by atoms with Crippen LogP contribution in [-0.2, 0) is 6.54 Å². The average molecular weight is 220 g/mol. The highest BCUT2D eigenvalue weighted by Crippen LogP contribution is 2.08. The van der Waals surface area contributed by atoms with E-state index in [0.29, 0.717) is 18.2 Å². The third kappa shape index (κ3) is 1.98. The lowest BCUT2D eigenvalue weighted by molar-refractivity contribution is 0.349. The van der Waals surface area contributed by atoms with E-state index in [4.69, 9.17) is 9.15 Å². The fraction of sp³-hybridized carbons (Fsp3) is 0.273. The summed E-state index contributed by atoms with van der Waals surface area (Å²) in [4.78, 5) is 15.9. The minimum Gasteiger partial charge on any atom is -0.472 e. The number of aromatic nitrogens is 2. The smallest absolute Gasteiger partial charge is 0.299 e. The molecule has 0 saturated carbocycles. The minimum atomic E-state index is -0.134. The second-order valence-corrected chi connectivity index (χ2v) is 3.44. The Balaban J connectivity index is 2.43. The van der Waals surface area contributed by atoms with Gasteiger partial charge in [0, 0.05) is 17.3 Å². The summed E-state index contributed by atoms with van der Waals surface area (Å²) in [5.41, 5.74) is 1.40. The molecule has 0 amide bonds. The third-order valence-electron chi connectivity index (χ3n) is 2.20. The highest BCUT2D eigenvalue weighted by Gasteiger charge is 2.08. The molecule has 2 heterocycles. The molecule has 0 aliphatic rings. The van der Waals surface area contributed by atoms with Gasteiger partial charge >= 0.3 is 0 Å². The predicted octanol–water partition coefficient (Wildman–Crippen LogP) is 1.20. The van der Waals surface area contributed by atoms with Crippen LogP contribution in [0, 0.1) is 6.92 Å². The first kappa shape index (κ1) is 10.5. The van der Waals surface area contributed by atoms with Crippen LogP contribution in [0.3, 0.4) is 0 Å². The summed E-state index contributed by atoms with van der Waals surface area (Å²) in [6.07, 6.45) is 3.15. The van der Waals surface area contributed by atoms with Gasteiger partial charge < -0.3 is 9.15 Å². The van der Waals surface area contributed by atoms with Crippen molar-refractivity contribution in [2.45, 2.75) is 13.5 Å². The maximum atomic E-state index is 11.8. The predicted molar refractivity (Wildman–Crippen MR) is 57.6 cm³/mol. The van der Waals surface area contributed by atoms with Gasteiger partial charge in [-0.25, -0.2) is 4.98 Å². The van der Waals surface area contributed by atoms with E-state index < -0.39 is 0 Å². The number of methoxy groups -OCH3 is 1. The van der Waals surface area contributed by atoms with Crippen LogP contribution >= 0.6 is 0 Å². The van der Waals surface area contributed by atoms with Gasteiger partial charge in [0.15, 0.2) is 0 Å². The summed E-state index contributed by atoms with van der Waals surface area (Å²) in [5, 5.41) is 0. The maximum Gasteiger partial charge on any atom is 0.299 e. The maximum absolute atomic E-state index is 11.8. The number of hydrogen-bond donors (Lipinski definition) is 0. The largest absolute Gasteiger partial charge is 0.472 e. The Morgan fingerprint density at radius 1 is 1.56 bits per heavy atom. The second-order valence-electron chi connectivity index (χ2n) is 3.44. The van der Waals surface area contributed by atoms with Gasteiger partial charge in [0.1, 0.15) is 0 Å². The lowest BCUT2D eigenvalue weighted by Gasteiger charge is -2.09. The molecule has 16 heavy (non-hydrogen) atoms. The normalized spacial score (nSPS) is 10.4. The average Bonchev–Trinajstić information content (AvgIpc) is 2.74. The van der Waals surface area contributed by atoms with Gasteiger partial charge in [0.25, 0.3) is 11.6 Å². The minimum absolute atomic E-state index is 0.134. The standard InChI is InChI=1S/C11H12N2O3/c1-8-5-10(14)13(11(12-8)15-2)6-9-3-4-16-7-9/h3-5,7H,6H2,1-2H3. The van der Waals surface area contributed by atoms with Crippen molar-refractivity contribution < 1.29 is 9.15 Å². The zero-order chi connectivity index (χ0) is 11.5. The van der Waals surface area contributed by atoms with Crippen molar-refractivity contribution in [3.63, 3.8) is 0 Å². The summed E-state index contributed by atoms with van der Waals surface area (Å²) in [7, 11) is 1.49. The van der Waals surface area contributed by atoms with Crippen molar-refractivity contribution in [2.24, 2.45) is 0 Å². The summed E-state index contributed by atoms with van der Waals surface area (Å²) in [6.45, 7) is 2.15. The van der Waals surface area contributed by atoms with Crippen LogP contribution < -0.4 is 10.3 Å². The lowest BCUT2D eigenvalue weighted by atomic mass is 10.3. The van der Waals surface area contributed by atoms with E-state index in [2.05, 4.69) is 4.98 Å². The molecular weight excluding hydrogens is 208 g/mol. The number of ether oxygens (including phenoxy) is 1. The Morgan fingerprint density at radius 2 is 2.38 bits per heavy atom. The molecule has 2 aromatic rings. The van der Waals surface area contributed by atoms with E-state index >= 15 is 0 Å². The zero-order valence-electron chi connectivity index (χ0n) is 9.14. The van der Waals surface area contributed by atoms with E-state index in [1.807, 2.05) is 0 Å². The van der Waals surface area contributed by atoms with Crippen LogP contribution in [0.5, 0.6) is 6.01 Å². The van der Waals surface area contributed by atoms with Gasteiger partial charge in [-0.05, 0) is 13.0 Å². The van der Waals surface area contributed by atoms with Crippen molar-refractivity contribution in [3.8, 4) is 6.01 Å². The molecular formula is C11H12N2O3. The van der Waals surface area contributed by atoms with Crippen LogP contribution in [0.4, 0.5) is 0 Å². The fourth-order valence-electron chi connectivity index (χ4n) is 1.46. The number of nitrogens with zero attached hydrogens (tertiary/aromatic N) is 2. The Bertz CT molecular complexity index is 529. The Labute approximate surface area is 92.3 Å². The van der Waals surface area contributed by atoms with Crippen molar-refractivity contribution in [1.29, 1.82) is 0 Å². The summed E-state index contributed by atoms with van der Waals surface area (Å²) in [6, 6.07) is 3.58. The van der Waals surface area contributed by atoms with Gasteiger partial charge in [-0.1, -0.05) is 0 Å². The second kappa shape index (κ2) is 4.22. The molecule has 0 radical (unpaired) electrons. The molecule has 0 aromatic carbocycles. The Kier molecular flexibility index (Phi) is 2.76. The first-order valence-electron chi connectivity index (χ1n) is 4.84. The van der Waals surface area contributed by atoms with Gasteiger partial charge in [-0.15, -0.1) is 0 Å². The van der Waals surface area contributed by atoms with Gasteiger partial charge in [-0.3, -0.25) is 9.36 Å². The van der Waals surface area contributed by atoms with Crippen molar-refractivity contribution >= 4 is 0 Å². The van der Waals surface area contributed by atoms with Gasteiger partial charge in [0.2, 0.25) is 0 Å². The SMILES string of the molecule is COc1nc(C)cc(=O)n1Cc1ccoc1. The van der Waals surface area contributed by atoms with Gasteiger partial charge in [0.05, 0.1) is 26.2 Å². The van der Waals surface area contributed by atoms with Gasteiger partial charge in [-0.2, -0.15) is 0 Å². The molecule has 0 aliphatic carbocycles. The van der Waals surface area contributed by atoms with Crippen LogP contribution in [0.25, 0.3) is 0 Å². The monoisotopic (exact) mass is 220 g/mol. The van der Waals surface area contributed by atoms with Crippen LogP contribution in [-0.4, -0.2) is 16.7 Å². The molecule has 2 rings (SSSR count). The molecule has 84 valence electrons. The number of aryl methyl sites for hydroxylation is 1. The van der Waals surface area contributed by atoms with E-state index in [1.165, 1.54) is 17.7 Å². The molecule has 0 unspecified atom stereocenters. The van der Waals surface area contributed by atoms with E-state index in [-0.39, 0.29) is 5.56 Å². The molecule has 0 bridgehead atoms. The van der Waals surface area contributed by atoms with Crippen LogP contribution in [0.1, 0.15) is 11.3 Å². The molecule has 0 spiro atoms. The van der Waals surface area contributed by atoms with E-state index in [1.54, 1.807) is 25.5 Å². The highest BCUT2D eigenvalue weighted by atomic mass is 16.5. The quantitative estimate of drug-likeness (QED) is 0.779. The molecule has 0 aliphatic heterocycles. The number of hydrogen-bond acceptors (Lipinski definition) is 4. The van der Waals surface area contributed by atoms with Crippen molar-refractivity contribution in [2.75, 3.05) is 7.11 Å². The Morgan fingerprint density at radius 3 is 3.00 bits per heavy atom. The molecule has 5 nitrogen and oxygen atoms in total. The lowest BCUT2D eigenvalue weighted by Crippen LogP contribution is -2.23. The van der Waals surface area contributed by atoms with E-state index in [0.717, 1.165) is 5.56 Å². The summed E-state index contributed by atoms with van der Waals surface area (Å²) in [5.74, 6) is 0. The van der Waals surface area contributed by atoms with Crippen molar-refractivity contribution in [3.05, 3.63) is 46.3 Å². The molecule has 0 N–H and O–H groups in total.